The van der Waals surface area contributed by atoms with Gasteiger partial charge in [0, 0.05) is 26.0 Å². The molecule has 0 fully saturated rings. The lowest BCUT2D eigenvalue weighted by Gasteiger charge is -2.12. The molecule has 0 aromatic heterocycles. The minimum absolute atomic E-state index is 0.372. The molecule has 170 valence electrons. The van der Waals surface area contributed by atoms with Gasteiger partial charge in [0.2, 0.25) is 0 Å². The number of hydrogen-bond donors (Lipinski definition) is 2. The summed E-state index contributed by atoms with van der Waals surface area (Å²) in [4.78, 5) is 4.98. The smallest absolute Gasteiger partial charge is 0.191 e. The van der Waals surface area contributed by atoms with Crippen molar-refractivity contribution in [1.82, 2.24) is 10.6 Å². The van der Waals surface area contributed by atoms with Crippen molar-refractivity contribution >= 4 is 15.8 Å². The van der Waals surface area contributed by atoms with Gasteiger partial charge in [-0.3, -0.25) is 0 Å². The van der Waals surface area contributed by atoms with Gasteiger partial charge in [0.1, 0.15) is 0 Å². The molecule has 0 spiro atoms. The Morgan fingerprint density at radius 1 is 1.00 bits per heavy atom. The van der Waals surface area contributed by atoms with Crippen LogP contribution in [0.25, 0.3) is 0 Å². The second-order valence-corrected chi connectivity index (χ2v) is 9.53. The van der Waals surface area contributed by atoms with E-state index in [1.165, 1.54) is 11.8 Å². The third kappa shape index (κ3) is 9.53. The summed E-state index contributed by atoms with van der Waals surface area (Å²) in [6, 6.07) is 15.7. The number of aryl methyl sites for hydroxylation is 1. The second-order valence-electron chi connectivity index (χ2n) is 7.55. The molecular weight excluding hydrogens is 410 g/mol. The molecule has 0 heterocycles. The number of unbranched alkanes of at least 4 members (excludes halogenated alkanes) is 1. The quantitative estimate of drug-likeness (QED) is 0.297. The predicted molar refractivity (Wildman–Crippen MR) is 127 cm³/mol. The molecule has 0 unspecified atom stereocenters. The highest BCUT2D eigenvalue weighted by molar-refractivity contribution is 7.90. The van der Waals surface area contributed by atoms with Gasteiger partial charge in [-0.15, -0.1) is 0 Å². The normalized spacial score (nSPS) is 12.0. The second kappa shape index (κ2) is 13.1. The molecule has 0 amide bonds. The molecule has 2 aromatic rings. The van der Waals surface area contributed by atoms with Crippen LogP contribution in [0, 0.1) is 6.92 Å². The molecular formula is C24H35N3O3S. The number of guanidine groups is 1. The van der Waals surface area contributed by atoms with Gasteiger partial charge in [-0.2, -0.15) is 0 Å². The van der Waals surface area contributed by atoms with Crippen molar-refractivity contribution in [3.8, 4) is 0 Å². The largest absolute Gasteiger partial charge is 0.381 e. The molecule has 2 N–H and O–H groups in total. The monoisotopic (exact) mass is 445 g/mol. The fourth-order valence-corrected chi connectivity index (χ4v) is 4.17. The van der Waals surface area contributed by atoms with Crippen molar-refractivity contribution in [2.75, 3.05) is 32.6 Å². The number of nitrogens with one attached hydrogen (secondary N) is 2. The number of sulfone groups is 1. The van der Waals surface area contributed by atoms with Crippen LogP contribution in [-0.2, 0) is 27.5 Å². The van der Waals surface area contributed by atoms with E-state index in [9.17, 15) is 8.42 Å². The van der Waals surface area contributed by atoms with Gasteiger partial charge in [0.05, 0.1) is 18.0 Å². The fourth-order valence-electron chi connectivity index (χ4n) is 3.21. The Labute approximate surface area is 187 Å². The molecule has 2 aromatic carbocycles. The molecule has 0 aliphatic heterocycles. The average molecular weight is 446 g/mol. The van der Waals surface area contributed by atoms with Crippen LogP contribution in [-0.4, -0.2) is 46.9 Å². The number of aliphatic imine (C=N–C) groups is 1. The molecule has 31 heavy (non-hydrogen) atoms. The van der Waals surface area contributed by atoms with Gasteiger partial charge in [0.25, 0.3) is 0 Å². The van der Waals surface area contributed by atoms with E-state index >= 15 is 0 Å². The Kier molecular flexibility index (Phi) is 10.5. The highest BCUT2D eigenvalue weighted by Crippen LogP contribution is 2.17. The summed E-state index contributed by atoms with van der Waals surface area (Å²) in [5, 5.41) is 6.59. The summed E-state index contributed by atoms with van der Waals surface area (Å²) in [6.07, 6.45) is 4.17. The van der Waals surface area contributed by atoms with E-state index in [0.29, 0.717) is 11.4 Å². The van der Waals surface area contributed by atoms with Crippen LogP contribution < -0.4 is 10.6 Å². The van der Waals surface area contributed by atoms with E-state index in [-0.39, 0.29) is 0 Å². The Balaban J connectivity index is 1.69. The van der Waals surface area contributed by atoms with E-state index < -0.39 is 9.84 Å². The topological polar surface area (TPSA) is 79.8 Å². The Bertz CT molecular complexity index is 928. The van der Waals surface area contributed by atoms with Crippen molar-refractivity contribution in [3.63, 3.8) is 0 Å². The molecule has 6 nitrogen and oxygen atoms in total. The zero-order chi connectivity index (χ0) is 22.5. The van der Waals surface area contributed by atoms with Crippen molar-refractivity contribution < 1.29 is 13.2 Å². The third-order valence-corrected chi connectivity index (χ3v) is 6.05. The van der Waals surface area contributed by atoms with Gasteiger partial charge in [-0.1, -0.05) is 42.5 Å². The van der Waals surface area contributed by atoms with Gasteiger partial charge in [-0.25, -0.2) is 13.4 Å². The lowest BCUT2D eigenvalue weighted by Crippen LogP contribution is -2.37. The average Bonchev–Trinajstić information content (AvgIpc) is 2.73. The molecule has 0 aliphatic rings. The fraction of sp³-hybridized carbons (Fsp3) is 0.458. The Hall–Kier alpha value is -2.38. The maximum atomic E-state index is 11.8. The lowest BCUT2D eigenvalue weighted by molar-refractivity contribution is 0.133. The first-order valence-corrected chi connectivity index (χ1v) is 12.7. The maximum Gasteiger partial charge on any atom is 0.191 e. The molecule has 0 aliphatic carbocycles. The molecule has 0 saturated carbocycles. The van der Waals surface area contributed by atoms with Crippen molar-refractivity contribution in [1.29, 1.82) is 0 Å². The maximum absolute atomic E-state index is 11.8. The highest BCUT2D eigenvalue weighted by atomic mass is 32.2. The highest BCUT2D eigenvalue weighted by Gasteiger charge is 2.10. The molecule has 0 saturated heterocycles. The summed E-state index contributed by atoms with van der Waals surface area (Å²) < 4.78 is 29.2. The first-order chi connectivity index (χ1) is 14.9. The van der Waals surface area contributed by atoms with Crippen LogP contribution in [0.4, 0.5) is 0 Å². The number of ether oxygens (including phenoxy) is 1. The summed E-state index contributed by atoms with van der Waals surface area (Å²) >= 11 is 0. The van der Waals surface area contributed by atoms with Gasteiger partial charge in [0.15, 0.2) is 15.8 Å². The zero-order valence-corrected chi connectivity index (χ0v) is 19.7. The Morgan fingerprint density at radius 3 is 2.45 bits per heavy atom. The van der Waals surface area contributed by atoms with Crippen molar-refractivity contribution in [2.24, 2.45) is 4.99 Å². The molecule has 7 heteroatoms. The van der Waals surface area contributed by atoms with Crippen LogP contribution >= 0.6 is 0 Å². The van der Waals surface area contributed by atoms with E-state index in [1.807, 2.05) is 32.0 Å². The van der Waals surface area contributed by atoms with Crippen LogP contribution in [0.15, 0.2) is 58.4 Å². The lowest BCUT2D eigenvalue weighted by atomic mass is 10.1. The first kappa shape index (κ1) is 24.9. The minimum Gasteiger partial charge on any atom is -0.381 e. The summed E-state index contributed by atoms with van der Waals surface area (Å²) in [6.45, 7) is 7.44. The van der Waals surface area contributed by atoms with Crippen molar-refractivity contribution in [2.45, 2.75) is 44.6 Å². The van der Waals surface area contributed by atoms with Gasteiger partial charge in [-0.05, 0) is 55.9 Å². The van der Waals surface area contributed by atoms with E-state index in [4.69, 9.17) is 4.74 Å². The predicted octanol–water partition coefficient (Wildman–Crippen LogP) is 3.49. The number of rotatable bonds is 12. The van der Waals surface area contributed by atoms with Crippen LogP contribution in [0.2, 0.25) is 0 Å². The van der Waals surface area contributed by atoms with Gasteiger partial charge < -0.3 is 15.4 Å². The van der Waals surface area contributed by atoms with Crippen LogP contribution in [0.1, 0.15) is 36.5 Å². The molecule has 0 atom stereocenters. The standard InChI is InChI=1S/C24H35N3O3S/c1-4-25-24(27-19-22-12-13-23(20(2)18-22)31(3,28)29)26-15-8-9-16-30-17-14-21-10-6-5-7-11-21/h5-7,10-13,18H,4,8-9,14-17,19H2,1-3H3,(H2,25,26,27). The Morgan fingerprint density at radius 2 is 1.77 bits per heavy atom. The number of benzene rings is 2. The van der Waals surface area contributed by atoms with Crippen LogP contribution in [0.3, 0.4) is 0 Å². The molecule has 0 bridgehead atoms. The van der Waals surface area contributed by atoms with E-state index in [1.54, 1.807) is 6.07 Å². The molecule has 0 radical (unpaired) electrons. The molecule has 2 rings (SSSR count). The number of hydrogen-bond acceptors (Lipinski definition) is 4. The minimum atomic E-state index is -3.20. The van der Waals surface area contributed by atoms with Crippen LogP contribution in [0.5, 0.6) is 0 Å². The SMILES string of the molecule is CCNC(=NCc1ccc(S(C)(=O)=O)c(C)c1)NCCCCOCCc1ccccc1. The first-order valence-electron chi connectivity index (χ1n) is 10.8. The van der Waals surface area contributed by atoms with E-state index in [0.717, 1.165) is 62.7 Å². The summed E-state index contributed by atoms with van der Waals surface area (Å²) in [7, 11) is -3.20. The number of nitrogens with zero attached hydrogens (tertiary/aromatic N) is 1. The van der Waals surface area contributed by atoms with E-state index in [2.05, 4.69) is 39.9 Å². The zero-order valence-electron chi connectivity index (χ0n) is 18.9. The third-order valence-electron chi connectivity index (χ3n) is 4.79. The summed E-state index contributed by atoms with van der Waals surface area (Å²) in [5.41, 5.74) is 3.03. The van der Waals surface area contributed by atoms with Crippen molar-refractivity contribution in [3.05, 3.63) is 65.2 Å². The van der Waals surface area contributed by atoms with Gasteiger partial charge >= 0.3 is 0 Å². The summed E-state index contributed by atoms with van der Waals surface area (Å²) in [5.74, 6) is 0.761.